The molecule has 0 amide bonds. The molecule has 0 aliphatic carbocycles. The summed E-state index contributed by atoms with van der Waals surface area (Å²) in [5, 5.41) is 10.7. The summed E-state index contributed by atoms with van der Waals surface area (Å²) in [6, 6.07) is 0. The van der Waals surface area contributed by atoms with Gasteiger partial charge in [-0.05, 0) is 186 Å². The number of esters is 4. The minimum atomic E-state index is -5.05. The molecule has 0 aromatic heterocycles. The van der Waals surface area contributed by atoms with E-state index in [-0.39, 0.29) is 25.7 Å². The van der Waals surface area contributed by atoms with E-state index in [1.54, 1.807) is 0 Å². The van der Waals surface area contributed by atoms with E-state index in [9.17, 15) is 43.2 Å². The van der Waals surface area contributed by atoms with Crippen LogP contribution in [0.4, 0.5) is 0 Å². The van der Waals surface area contributed by atoms with Crippen LogP contribution in [0.1, 0.15) is 246 Å². The Labute approximate surface area is 699 Å². The minimum Gasteiger partial charge on any atom is -0.462 e. The second-order valence-corrected chi connectivity index (χ2v) is 29.4. The van der Waals surface area contributed by atoms with Crippen molar-refractivity contribution in [2.45, 2.75) is 264 Å². The molecule has 0 radical (unpaired) electrons. The number of carbonyl (C=O) groups is 4. The molecule has 3 N–H and O–H groups in total. The van der Waals surface area contributed by atoms with E-state index in [1.807, 2.05) is 54.7 Å². The average molecular weight is 1640 g/mol. The van der Waals surface area contributed by atoms with Gasteiger partial charge in [0.05, 0.1) is 26.4 Å². The van der Waals surface area contributed by atoms with Crippen molar-refractivity contribution < 1.29 is 80.2 Å². The first kappa shape index (κ1) is 108. The van der Waals surface area contributed by atoms with Gasteiger partial charge in [0, 0.05) is 25.7 Å². The van der Waals surface area contributed by atoms with Crippen molar-refractivity contribution in [1.82, 2.24) is 0 Å². The second-order valence-electron chi connectivity index (χ2n) is 26.5. The molecule has 0 aromatic carbocycles. The summed E-state index contributed by atoms with van der Waals surface area (Å²) in [6.07, 6.45) is 116. The summed E-state index contributed by atoms with van der Waals surface area (Å²) in [5.74, 6) is -2.55. The van der Waals surface area contributed by atoms with E-state index >= 15 is 0 Å². The van der Waals surface area contributed by atoms with Gasteiger partial charge in [-0.15, -0.1) is 0 Å². The number of unbranched alkanes of at least 4 members (excludes halogenated alkanes) is 3. The molecular formula is C97H144O17P2. The van der Waals surface area contributed by atoms with Crippen LogP contribution < -0.4 is 0 Å². The molecule has 0 heterocycles. The number of phosphoric ester groups is 2. The topological polar surface area (TPSA) is 237 Å². The highest BCUT2D eigenvalue weighted by molar-refractivity contribution is 7.47. The molecule has 0 aromatic rings. The first-order chi connectivity index (χ1) is 56.7. The van der Waals surface area contributed by atoms with E-state index in [1.165, 1.54) is 0 Å². The highest BCUT2D eigenvalue weighted by Gasteiger charge is 2.30. The smallest absolute Gasteiger partial charge is 0.462 e. The van der Waals surface area contributed by atoms with Crippen molar-refractivity contribution in [1.29, 1.82) is 0 Å². The van der Waals surface area contributed by atoms with Crippen molar-refractivity contribution in [3.8, 4) is 0 Å². The van der Waals surface area contributed by atoms with Crippen LogP contribution in [0.25, 0.3) is 0 Å². The number of aliphatic hydroxyl groups is 1. The molecule has 17 nitrogen and oxygen atoms in total. The third kappa shape index (κ3) is 84.0. The van der Waals surface area contributed by atoms with Crippen LogP contribution in [0.5, 0.6) is 0 Å². The maximum absolute atomic E-state index is 13.1. The Morgan fingerprint density at radius 2 is 0.440 bits per heavy atom. The Bertz CT molecular complexity index is 3310. The lowest BCUT2D eigenvalue weighted by atomic mass is 10.1. The monoisotopic (exact) mass is 1640 g/mol. The number of ether oxygens (including phenoxy) is 4. The molecule has 5 atom stereocenters. The summed E-state index contributed by atoms with van der Waals surface area (Å²) >= 11 is 0. The van der Waals surface area contributed by atoms with Crippen LogP contribution in [0.15, 0.2) is 279 Å². The normalized spacial score (nSPS) is 15.1. The van der Waals surface area contributed by atoms with E-state index < -0.39 is 97.5 Å². The Hall–Kier alpha value is -7.92. The van der Waals surface area contributed by atoms with E-state index in [0.29, 0.717) is 44.9 Å². The predicted molar refractivity (Wildman–Crippen MR) is 481 cm³/mol. The molecule has 0 rings (SSSR count). The van der Waals surface area contributed by atoms with Crippen LogP contribution in [-0.4, -0.2) is 96.7 Å². The van der Waals surface area contributed by atoms with Gasteiger partial charge in [-0.25, -0.2) is 9.13 Å². The molecule has 2 unspecified atom stereocenters. The van der Waals surface area contributed by atoms with Crippen molar-refractivity contribution >= 4 is 39.5 Å². The minimum absolute atomic E-state index is 0.00416. The van der Waals surface area contributed by atoms with Crippen molar-refractivity contribution in [2.75, 3.05) is 39.6 Å². The van der Waals surface area contributed by atoms with Gasteiger partial charge < -0.3 is 33.8 Å². The van der Waals surface area contributed by atoms with Crippen molar-refractivity contribution in [3.05, 3.63) is 279 Å². The predicted octanol–water partition coefficient (Wildman–Crippen LogP) is 25.7. The van der Waals surface area contributed by atoms with Crippen molar-refractivity contribution in [3.63, 3.8) is 0 Å². The zero-order valence-electron chi connectivity index (χ0n) is 70.5. The van der Waals surface area contributed by atoms with Crippen LogP contribution in [0, 0.1) is 0 Å². The SMILES string of the molecule is CC/C=C\C/C=C\C/C=C\C/C=C\C/C=C\C/C=C\CCC(=O)OC[C@H](COP(=O)(O)OC[C@@H](O)COP(=O)(O)OC[C@@H](COC(=O)CCCCC/C=C\C/C=C\C/C=C\C/C=C\C/C=C\CC)OC(=O)CC/C=C\C/C=C\C/C=C\C/C=C\C/C=C\C/C=C\CC)OC(=O)CC/C=C\C/C=C\C/C=C\C/C=C\C/C=C\C/C=C\CC. The number of carbonyl (C=O) groups excluding carboxylic acids is 4. The fourth-order valence-corrected chi connectivity index (χ4v) is 11.3. The Balaban J connectivity index is 5.68. The number of hydrogen-bond acceptors (Lipinski definition) is 15. The molecule has 0 bridgehead atoms. The Morgan fingerprint density at radius 3 is 0.681 bits per heavy atom. The average Bonchev–Trinajstić information content (AvgIpc) is 0.898. The number of phosphoric acid groups is 2. The van der Waals surface area contributed by atoms with Gasteiger partial charge in [0.15, 0.2) is 12.2 Å². The summed E-state index contributed by atoms with van der Waals surface area (Å²) in [7, 11) is -10.1. The lowest BCUT2D eigenvalue weighted by molar-refractivity contribution is -0.161. The highest BCUT2D eigenvalue weighted by Crippen LogP contribution is 2.45. The highest BCUT2D eigenvalue weighted by atomic mass is 31.2. The summed E-state index contributed by atoms with van der Waals surface area (Å²) in [4.78, 5) is 73.2. The molecule has 0 fully saturated rings. The number of rotatable bonds is 75. The molecule has 644 valence electrons. The zero-order chi connectivity index (χ0) is 84.5. The fraction of sp³-hybridized carbons (Fsp3) is 0.485. The van der Waals surface area contributed by atoms with Gasteiger partial charge in [0.2, 0.25) is 0 Å². The molecular weight excluding hydrogens is 1500 g/mol. The van der Waals surface area contributed by atoms with Gasteiger partial charge in [-0.3, -0.25) is 37.3 Å². The standard InChI is InChI=1S/C97H144O17P2/c1-5-9-13-17-21-25-29-33-37-41-45-49-53-57-61-65-69-73-77-81-94(99)107-87-92(113-96(101)83-79-75-71-67-63-59-55-51-47-43-39-35-31-27-23-19-15-11-7-3)89-111-115(103,104)109-85-91(98)86-110-116(105,106)112-90-93(114-97(102)84-80-76-72-68-64-60-56-52-48-44-40-36-32-28-24-20-16-12-8-4)88-108-95(100)82-78-74-70-66-62-58-54-50-46-42-38-34-30-26-22-18-14-10-6-2/h9-16,21-28,33-40,45-52,57-64,69,71-73,75-76,91-93,98H,5-8,17-20,29-32,41-44,53-56,65-68,70,74,77-90H2,1-4H3,(H,103,104)(H,105,106)/b13-9-,14-10-,15-11-,16-12-,25-21-,26-22-,27-23-,28-24-,37-33-,38-34-,39-35-,40-36-,49-45-,50-46-,51-47-,52-48-,61-57-,62-58-,63-59-,64-60-,73-69-,75-71-,76-72-/t91-,92-,93-/m1/s1. The first-order valence-electron chi connectivity index (χ1n) is 42.2. The Morgan fingerprint density at radius 1 is 0.241 bits per heavy atom. The van der Waals surface area contributed by atoms with Crippen molar-refractivity contribution in [2.24, 2.45) is 0 Å². The molecule has 0 aliphatic heterocycles. The molecule has 0 aliphatic rings. The quantitative estimate of drug-likeness (QED) is 0.0169. The molecule has 19 heteroatoms. The largest absolute Gasteiger partial charge is 0.472 e. The maximum Gasteiger partial charge on any atom is 0.472 e. The van der Waals surface area contributed by atoms with E-state index in [4.69, 9.17) is 37.0 Å². The van der Waals surface area contributed by atoms with Gasteiger partial charge in [-0.1, -0.05) is 314 Å². The van der Waals surface area contributed by atoms with Crippen LogP contribution >= 0.6 is 15.6 Å². The molecule has 0 saturated heterocycles. The van der Waals surface area contributed by atoms with Crippen LogP contribution in [-0.2, 0) is 65.4 Å². The molecule has 0 saturated carbocycles. The van der Waals surface area contributed by atoms with Gasteiger partial charge in [-0.2, -0.15) is 0 Å². The second kappa shape index (κ2) is 85.0. The molecule has 0 spiro atoms. The number of aliphatic hydroxyl groups excluding tert-OH is 1. The number of hydrogen-bond donors (Lipinski definition) is 3. The number of allylic oxidation sites excluding steroid dienone is 46. The first-order valence-corrected chi connectivity index (χ1v) is 45.2. The van der Waals surface area contributed by atoms with Gasteiger partial charge in [0.25, 0.3) is 0 Å². The summed E-state index contributed by atoms with van der Waals surface area (Å²) in [6.45, 7) is 4.06. The zero-order valence-corrected chi connectivity index (χ0v) is 72.3. The third-order valence-electron chi connectivity index (χ3n) is 15.9. The van der Waals surface area contributed by atoms with Crippen LogP contribution in [0.2, 0.25) is 0 Å². The maximum atomic E-state index is 13.1. The van der Waals surface area contributed by atoms with E-state index in [0.717, 1.165) is 148 Å². The lowest BCUT2D eigenvalue weighted by Crippen LogP contribution is -2.30. The van der Waals surface area contributed by atoms with Gasteiger partial charge >= 0.3 is 39.5 Å². The van der Waals surface area contributed by atoms with E-state index in [2.05, 4.69) is 253 Å². The third-order valence-corrected chi connectivity index (χ3v) is 17.8. The van der Waals surface area contributed by atoms with Crippen LogP contribution in [0.3, 0.4) is 0 Å². The lowest BCUT2D eigenvalue weighted by Gasteiger charge is -2.21. The fourth-order valence-electron chi connectivity index (χ4n) is 9.68. The Kier molecular flexibility index (Phi) is 79.2. The summed E-state index contributed by atoms with van der Waals surface area (Å²) < 4.78 is 68.5. The summed E-state index contributed by atoms with van der Waals surface area (Å²) in [5.41, 5.74) is 0. The molecule has 116 heavy (non-hydrogen) atoms. The van der Waals surface area contributed by atoms with Gasteiger partial charge in [0.1, 0.15) is 19.3 Å².